The van der Waals surface area contributed by atoms with E-state index in [-0.39, 0.29) is 12.1 Å². The molecule has 0 unspecified atom stereocenters. The summed E-state index contributed by atoms with van der Waals surface area (Å²) < 4.78 is 47.0. The highest BCUT2D eigenvalue weighted by Gasteiger charge is 2.33. The summed E-state index contributed by atoms with van der Waals surface area (Å²) >= 11 is 0. The van der Waals surface area contributed by atoms with Crippen molar-refractivity contribution >= 4 is 21.7 Å². The second-order valence-electron chi connectivity index (χ2n) is 7.49. The molecule has 0 bridgehead atoms. The minimum Gasteiger partial charge on any atom is -0.488 e. The average molecular weight is 429 g/mol. The average Bonchev–Trinajstić information content (AvgIpc) is 2.81. The number of nitrogens with zero attached hydrogens (tertiary/aromatic N) is 1. The number of benzene rings is 4. The standard InChI is InChI=1S/C27H18F3NO/c28-27(29,30)23-14-7-13-22-25(19-9-2-1-3-10-19)20(16-31-26(22)23)17-32-24-15-6-11-18-8-4-5-12-21(18)24/h1-16H,17H2. The molecule has 32 heavy (non-hydrogen) atoms. The van der Waals surface area contributed by atoms with Gasteiger partial charge in [-0.1, -0.05) is 78.9 Å². The number of aromatic nitrogens is 1. The molecule has 0 aliphatic carbocycles. The summed E-state index contributed by atoms with van der Waals surface area (Å²) in [6.45, 7) is 0.178. The highest BCUT2D eigenvalue weighted by atomic mass is 19.4. The van der Waals surface area contributed by atoms with Crippen molar-refractivity contribution in [1.29, 1.82) is 0 Å². The summed E-state index contributed by atoms with van der Waals surface area (Å²) in [5.74, 6) is 0.714. The molecule has 2 nitrogen and oxygen atoms in total. The Balaban J connectivity index is 1.64. The van der Waals surface area contributed by atoms with Gasteiger partial charge in [-0.3, -0.25) is 4.98 Å². The molecule has 0 aliphatic rings. The van der Waals surface area contributed by atoms with Gasteiger partial charge in [0.15, 0.2) is 0 Å². The van der Waals surface area contributed by atoms with E-state index in [1.165, 1.54) is 12.3 Å². The SMILES string of the molecule is FC(F)(F)c1cccc2c(-c3ccccc3)c(COc3cccc4ccccc34)cnc12. The van der Waals surface area contributed by atoms with Gasteiger partial charge in [0.2, 0.25) is 0 Å². The van der Waals surface area contributed by atoms with Gasteiger partial charge in [0.1, 0.15) is 12.4 Å². The molecule has 158 valence electrons. The zero-order valence-corrected chi connectivity index (χ0v) is 16.9. The van der Waals surface area contributed by atoms with Gasteiger partial charge in [0.25, 0.3) is 0 Å². The lowest BCUT2D eigenvalue weighted by atomic mass is 9.95. The molecule has 0 atom stereocenters. The van der Waals surface area contributed by atoms with E-state index < -0.39 is 11.7 Å². The fourth-order valence-electron chi connectivity index (χ4n) is 4.03. The lowest BCUT2D eigenvalue weighted by molar-refractivity contribution is -0.136. The zero-order valence-electron chi connectivity index (χ0n) is 16.9. The topological polar surface area (TPSA) is 22.1 Å². The van der Waals surface area contributed by atoms with Crippen molar-refractivity contribution < 1.29 is 17.9 Å². The van der Waals surface area contributed by atoms with Crippen LogP contribution in [0.2, 0.25) is 0 Å². The summed E-state index contributed by atoms with van der Waals surface area (Å²) in [7, 11) is 0. The summed E-state index contributed by atoms with van der Waals surface area (Å²) in [6.07, 6.45) is -2.99. The van der Waals surface area contributed by atoms with Gasteiger partial charge in [-0.15, -0.1) is 0 Å². The highest BCUT2D eigenvalue weighted by Crippen LogP contribution is 2.39. The van der Waals surface area contributed by atoms with Crippen molar-refractivity contribution in [3.63, 3.8) is 0 Å². The summed E-state index contributed by atoms with van der Waals surface area (Å²) in [5.41, 5.74) is 1.43. The van der Waals surface area contributed by atoms with Crippen LogP contribution in [-0.2, 0) is 12.8 Å². The number of alkyl halides is 3. The van der Waals surface area contributed by atoms with E-state index in [1.807, 2.05) is 72.8 Å². The molecule has 0 fully saturated rings. The maximum atomic E-state index is 13.6. The third-order valence-electron chi connectivity index (χ3n) is 5.48. The lowest BCUT2D eigenvalue weighted by Gasteiger charge is -2.17. The minimum absolute atomic E-state index is 0.0623. The van der Waals surface area contributed by atoms with Gasteiger partial charge in [-0.25, -0.2) is 0 Å². The zero-order chi connectivity index (χ0) is 22.1. The molecule has 1 aromatic heterocycles. The van der Waals surface area contributed by atoms with Crippen LogP contribution in [0.25, 0.3) is 32.8 Å². The molecule has 5 heteroatoms. The van der Waals surface area contributed by atoms with Crippen molar-refractivity contribution in [3.8, 4) is 16.9 Å². The maximum Gasteiger partial charge on any atom is 0.418 e. The Morgan fingerprint density at radius 2 is 1.41 bits per heavy atom. The molecule has 0 saturated carbocycles. The van der Waals surface area contributed by atoms with E-state index in [2.05, 4.69) is 4.98 Å². The predicted molar refractivity (Wildman–Crippen MR) is 120 cm³/mol. The molecular weight excluding hydrogens is 411 g/mol. The van der Waals surface area contributed by atoms with Crippen molar-refractivity contribution in [2.24, 2.45) is 0 Å². The second-order valence-corrected chi connectivity index (χ2v) is 7.49. The van der Waals surface area contributed by atoms with Crippen LogP contribution in [0.1, 0.15) is 11.1 Å². The van der Waals surface area contributed by atoms with Crippen LogP contribution >= 0.6 is 0 Å². The maximum absolute atomic E-state index is 13.6. The largest absolute Gasteiger partial charge is 0.488 e. The number of para-hydroxylation sites is 1. The van der Waals surface area contributed by atoms with Crippen LogP contribution in [-0.4, -0.2) is 4.98 Å². The number of fused-ring (bicyclic) bond motifs is 2. The molecule has 0 saturated heterocycles. The van der Waals surface area contributed by atoms with Crippen LogP contribution in [0.4, 0.5) is 13.2 Å². The molecule has 5 rings (SSSR count). The van der Waals surface area contributed by atoms with E-state index >= 15 is 0 Å². The van der Waals surface area contributed by atoms with Crippen molar-refractivity contribution in [3.05, 3.63) is 108 Å². The number of halogens is 3. The second kappa shape index (κ2) is 8.00. The van der Waals surface area contributed by atoms with Crippen molar-refractivity contribution in [2.75, 3.05) is 0 Å². The summed E-state index contributed by atoms with van der Waals surface area (Å²) in [4.78, 5) is 4.21. The van der Waals surface area contributed by atoms with E-state index in [1.54, 1.807) is 6.07 Å². The van der Waals surface area contributed by atoms with Gasteiger partial charge < -0.3 is 4.74 Å². The van der Waals surface area contributed by atoms with Crippen LogP contribution in [0, 0.1) is 0 Å². The molecule has 0 spiro atoms. The highest BCUT2D eigenvalue weighted by molar-refractivity contribution is 5.97. The van der Waals surface area contributed by atoms with Crippen LogP contribution in [0.5, 0.6) is 5.75 Å². The molecule has 0 radical (unpaired) electrons. The van der Waals surface area contributed by atoms with Gasteiger partial charge in [-0.05, 0) is 28.6 Å². The first-order chi connectivity index (χ1) is 15.5. The number of ether oxygens (including phenoxy) is 1. The number of hydrogen-bond donors (Lipinski definition) is 0. The molecule has 4 aromatic carbocycles. The Bertz CT molecular complexity index is 1410. The van der Waals surface area contributed by atoms with Gasteiger partial charge >= 0.3 is 6.18 Å². The van der Waals surface area contributed by atoms with E-state index in [9.17, 15) is 13.2 Å². The van der Waals surface area contributed by atoms with E-state index in [0.717, 1.165) is 28.0 Å². The first-order valence-corrected chi connectivity index (χ1v) is 10.2. The fourth-order valence-corrected chi connectivity index (χ4v) is 4.03. The summed E-state index contributed by atoms with van der Waals surface area (Å²) in [6, 6.07) is 27.3. The third kappa shape index (κ3) is 3.66. The van der Waals surface area contributed by atoms with Gasteiger partial charge in [-0.2, -0.15) is 13.2 Å². The van der Waals surface area contributed by atoms with Crippen LogP contribution in [0.15, 0.2) is 97.2 Å². The molecule has 5 aromatic rings. The monoisotopic (exact) mass is 429 g/mol. The predicted octanol–water partition coefficient (Wildman–Crippen LogP) is 7.65. The first kappa shape index (κ1) is 20.1. The summed E-state index contributed by atoms with van der Waals surface area (Å²) in [5, 5.41) is 2.48. The Morgan fingerprint density at radius 3 is 2.22 bits per heavy atom. The smallest absolute Gasteiger partial charge is 0.418 e. The van der Waals surface area contributed by atoms with Crippen LogP contribution in [0.3, 0.4) is 0 Å². The molecule has 1 heterocycles. The Kier molecular flexibility index (Phi) is 5.02. The Labute approximate surface area is 182 Å². The van der Waals surface area contributed by atoms with E-state index in [4.69, 9.17) is 4.74 Å². The molecule has 0 N–H and O–H groups in total. The Hall–Kier alpha value is -3.86. The molecule has 0 amide bonds. The first-order valence-electron chi connectivity index (χ1n) is 10.2. The van der Waals surface area contributed by atoms with Crippen molar-refractivity contribution in [2.45, 2.75) is 12.8 Å². The number of pyridine rings is 1. The van der Waals surface area contributed by atoms with Crippen molar-refractivity contribution in [1.82, 2.24) is 4.98 Å². The quantitative estimate of drug-likeness (QED) is 0.293. The molecular formula is C27H18F3NO. The van der Waals surface area contributed by atoms with Gasteiger partial charge in [0.05, 0.1) is 11.1 Å². The Morgan fingerprint density at radius 1 is 0.719 bits per heavy atom. The number of hydrogen-bond acceptors (Lipinski definition) is 2. The lowest BCUT2D eigenvalue weighted by Crippen LogP contribution is -2.08. The van der Waals surface area contributed by atoms with Gasteiger partial charge in [0, 0.05) is 22.5 Å². The van der Waals surface area contributed by atoms with Crippen LogP contribution < -0.4 is 4.74 Å². The minimum atomic E-state index is -4.48. The fraction of sp³-hybridized carbons (Fsp3) is 0.0741. The third-order valence-corrected chi connectivity index (χ3v) is 5.48. The molecule has 0 aliphatic heterocycles. The normalized spacial score (nSPS) is 11.7. The number of rotatable bonds is 4. The van der Waals surface area contributed by atoms with E-state index in [0.29, 0.717) is 16.7 Å².